The highest BCUT2D eigenvalue weighted by atomic mass is 35.5. The highest BCUT2D eigenvalue weighted by Gasteiger charge is 2.30. The van der Waals surface area contributed by atoms with Crippen molar-refractivity contribution in [3.8, 4) is 11.5 Å². The van der Waals surface area contributed by atoms with Crippen LogP contribution in [0.5, 0.6) is 11.5 Å². The summed E-state index contributed by atoms with van der Waals surface area (Å²) in [5.74, 6) is -1.31. The molecule has 1 heterocycles. The maximum Gasteiger partial charge on any atom is 0.416 e. The van der Waals surface area contributed by atoms with Gasteiger partial charge in [-0.2, -0.15) is 18.3 Å². The second kappa shape index (κ2) is 9.72. The third-order valence-corrected chi connectivity index (χ3v) is 5.50. The minimum Gasteiger partial charge on any atom is -0.457 e. The molecule has 0 bridgehead atoms. The van der Waals surface area contributed by atoms with Crippen molar-refractivity contribution >= 4 is 28.9 Å². The summed E-state index contributed by atoms with van der Waals surface area (Å²) in [6, 6.07) is 7.57. The first-order valence-electron chi connectivity index (χ1n) is 10.00. The van der Waals surface area contributed by atoms with Gasteiger partial charge in [0.25, 0.3) is 5.69 Å². The standard InChI is InChI=1S/C22H20ClF3N4O4/c1-12(11-29-14(3)20(23)13(2)28-29)21(31)27-16-8-17(30(32)33)10-19(9-16)34-18-6-4-5-15(7-18)22(24,25)26/h4-10,12H,11H2,1-3H3,(H,27,31). The number of halogens is 4. The van der Waals surface area contributed by atoms with Gasteiger partial charge in [0.2, 0.25) is 5.91 Å². The van der Waals surface area contributed by atoms with Gasteiger partial charge in [-0.1, -0.05) is 24.6 Å². The lowest BCUT2D eigenvalue weighted by Gasteiger charge is -2.15. The molecule has 1 unspecified atom stereocenters. The third-order valence-electron chi connectivity index (χ3n) is 4.95. The highest BCUT2D eigenvalue weighted by Crippen LogP contribution is 2.34. The molecule has 0 fully saturated rings. The Balaban J connectivity index is 1.81. The molecule has 3 rings (SSSR count). The van der Waals surface area contributed by atoms with Gasteiger partial charge in [0, 0.05) is 12.1 Å². The van der Waals surface area contributed by atoms with Crippen LogP contribution in [0.2, 0.25) is 5.02 Å². The van der Waals surface area contributed by atoms with Gasteiger partial charge in [-0.05, 0) is 32.0 Å². The summed E-state index contributed by atoms with van der Waals surface area (Å²) in [5, 5.41) is 18.7. The second-order valence-corrected chi connectivity index (χ2v) is 8.04. The molecule has 0 aliphatic carbocycles. The average Bonchev–Trinajstić information content (AvgIpc) is 2.99. The normalized spacial score (nSPS) is 12.3. The molecule has 2 aromatic carbocycles. The predicted octanol–water partition coefficient (Wildman–Crippen LogP) is 6.15. The maximum atomic E-state index is 13.0. The number of hydrogen-bond donors (Lipinski definition) is 1. The fraction of sp³-hybridized carbons (Fsp3) is 0.273. The quantitative estimate of drug-likeness (QED) is 0.312. The van der Waals surface area contributed by atoms with Gasteiger partial charge in [0.1, 0.15) is 11.5 Å². The summed E-state index contributed by atoms with van der Waals surface area (Å²) in [7, 11) is 0. The van der Waals surface area contributed by atoms with Crippen LogP contribution < -0.4 is 10.1 Å². The molecular formula is C22H20ClF3N4O4. The number of carbonyl (C=O) groups is 1. The molecule has 0 aliphatic rings. The number of alkyl halides is 3. The molecule has 0 spiro atoms. The number of anilines is 1. The van der Waals surface area contributed by atoms with Crippen LogP contribution in [-0.2, 0) is 17.5 Å². The Morgan fingerprint density at radius 2 is 1.94 bits per heavy atom. The van der Waals surface area contributed by atoms with E-state index in [-0.39, 0.29) is 23.7 Å². The van der Waals surface area contributed by atoms with Crippen molar-refractivity contribution < 1.29 is 27.6 Å². The van der Waals surface area contributed by atoms with Gasteiger partial charge in [0.05, 0.1) is 51.1 Å². The van der Waals surface area contributed by atoms with Crippen molar-refractivity contribution in [2.75, 3.05) is 5.32 Å². The summed E-state index contributed by atoms with van der Waals surface area (Å²) in [6.07, 6.45) is -4.58. The fourth-order valence-corrected chi connectivity index (χ4v) is 3.29. The number of aromatic nitrogens is 2. The van der Waals surface area contributed by atoms with Crippen LogP contribution in [0, 0.1) is 29.9 Å². The third kappa shape index (κ3) is 5.84. The molecule has 180 valence electrons. The predicted molar refractivity (Wildman–Crippen MR) is 119 cm³/mol. The summed E-state index contributed by atoms with van der Waals surface area (Å²) < 4.78 is 45.9. The Kier molecular flexibility index (Phi) is 7.15. The van der Waals surface area contributed by atoms with E-state index in [1.54, 1.807) is 25.5 Å². The molecule has 8 nitrogen and oxygen atoms in total. The smallest absolute Gasteiger partial charge is 0.416 e. The molecular weight excluding hydrogens is 477 g/mol. The van der Waals surface area contributed by atoms with Crippen molar-refractivity contribution in [1.82, 2.24) is 9.78 Å². The first-order chi connectivity index (χ1) is 15.8. The highest BCUT2D eigenvalue weighted by molar-refractivity contribution is 6.31. The number of benzene rings is 2. The van der Waals surface area contributed by atoms with E-state index < -0.39 is 34.2 Å². The minimum atomic E-state index is -4.58. The van der Waals surface area contributed by atoms with Crippen LogP contribution >= 0.6 is 11.6 Å². The minimum absolute atomic E-state index is 0.0550. The number of carbonyl (C=O) groups excluding carboxylic acids is 1. The number of nitro benzene ring substituents is 1. The van der Waals surface area contributed by atoms with Gasteiger partial charge in [-0.3, -0.25) is 19.6 Å². The van der Waals surface area contributed by atoms with Crippen LogP contribution in [-0.4, -0.2) is 20.6 Å². The molecule has 34 heavy (non-hydrogen) atoms. The van der Waals surface area contributed by atoms with E-state index in [1.807, 2.05) is 0 Å². The SMILES string of the molecule is Cc1nn(CC(C)C(=O)Nc2cc(Oc3cccc(C(F)(F)F)c3)cc([N+](=O)[O-])c2)c(C)c1Cl. The zero-order valence-corrected chi connectivity index (χ0v) is 19.1. The molecule has 1 N–H and O–H groups in total. The Morgan fingerprint density at radius 3 is 2.53 bits per heavy atom. The number of rotatable bonds is 7. The number of nitrogens with zero attached hydrogens (tertiary/aromatic N) is 3. The van der Waals surface area contributed by atoms with Gasteiger partial charge in [0.15, 0.2) is 0 Å². The van der Waals surface area contributed by atoms with Crippen LogP contribution in [0.3, 0.4) is 0 Å². The van der Waals surface area contributed by atoms with Crippen molar-refractivity contribution in [2.24, 2.45) is 5.92 Å². The summed E-state index contributed by atoms with van der Waals surface area (Å²) in [5.41, 5.74) is 0.0481. The molecule has 0 radical (unpaired) electrons. The van der Waals surface area contributed by atoms with E-state index in [0.717, 1.165) is 30.3 Å². The van der Waals surface area contributed by atoms with Gasteiger partial charge >= 0.3 is 6.18 Å². The lowest BCUT2D eigenvalue weighted by Crippen LogP contribution is -2.25. The van der Waals surface area contributed by atoms with E-state index in [0.29, 0.717) is 16.4 Å². The molecule has 1 aromatic heterocycles. The average molecular weight is 497 g/mol. The molecule has 0 saturated heterocycles. The number of nitrogens with one attached hydrogen (secondary N) is 1. The zero-order chi connectivity index (χ0) is 25.2. The largest absolute Gasteiger partial charge is 0.457 e. The number of aryl methyl sites for hydroxylation is 1. The summed E-state index contributed by atoms with van der Waals surface area (Å²) in [6.45, 7) is 5.38. The molecule has 1 amide bonds. The molecule has 0 aliphatic heterocycles. The molecule has 0 saturated carbocycles. The van der Waals surface area contributed by atoms with Crippen molar-refractivity contribution in [3.05, 3.63) is 74.6 Å². The number of amides is 1. The first kappa shape index (κ1) is 25.0. The Bertz CT molecular complexity index is 1240. The first-order valence-corrected chi connectivity index (χ1v) is 10.4. The van der Waals surface area contributed by atoms with E-state index in [1.165, 1.54) is 12.1 Å². The van der Waals surface area contributed by atoms with Gasteiger partial charge < -0.3 is 10.1 Å². The topological polar surface area (TPSA) is 99.3 Å². The number of nitro groups is 1. The van der Waals surface area contributed by atoms with Crippen LogP contribution in [0.4, 0.5) is 24.5 Å². The Hall–Kier alpha value is -3.60. The number of hydrogen-bond acceptors (Lipinski definition) is 5. The van der Waals surface area contributed by atoms with Crippen LogP contribution in [0.25, 0.3) is 0 Å². The van der Waals surface area contributed by atoms with Crippen molar-refractivity contribution in [1.29, 1.82) is 0 Å². The summed E-state index contributed by atoms with van der Waals surface area (Å²) >= 11 is 6.13. The second-order valence-electron chi connectivity index (χ2n) is 7.66. The van der Waals surface area contributed by atoms with E-state index in [2.05, 4.69) is 10.4 Å². The maximum absolute atomic E-state index is 13.0. The van der Waals surface area contributed by atoms with E-state index >= 15 is 0 Å². The van der Waals surface area contributed by atoms with Gasteiger partial charge in [-0.25, -0.2) is 0 Å². The van der Waals surface area contributed by atoms with Crippen LogP contribution in [0.1, 0.15) is 23.9 Å². The van der Waals surface area contributed by atoms with Crippen LogP contribution in [0.15, 0.2) is 42.5 Å². The molecule has 3 aromatic rings. The summed E-state index contributed by atoms with van der Waals surface area (Å²) in [4.78, 5) is 23.3. The fourth-order valence-electron chi connectivity index (χ4n) is 3.15. The zero-order valence-electron chi connectivity index (χ0n) is 18.3. The Labute approximate surface area is 197 Å². The van der Waals surface area contributed by atoms with E-state index in [9.17, 15) is 28.1 Å². The lowest BCUT2D eigenvalue weighted by atomic mass is 10.1. The monoisotopic (exact) mass is 496 g/mol. The van der Waals surface area contributed by atoms with Crippen molar-refractivity contribution in [3.63, 3.8) is 0 Å². The van der Waals surface area contributed by atoms with Crippen molar-refractivity contribution in [2.45, 2.75) is 33.5 Å². The lowest BCUT2D eigenvalue weighted by molar-refractivity contribution is -0.384. The van der Waals surface area contributed by atoms with E-state index in [4.69, 9.17) is 16.3 Å². The molecule has 1 atom stereocenters. The number of ether oxygens (including phenoxy) is 1. The molecule has 12 heteroatoms. The Morgan fingerprint density at radius 1 is 1.24 bits per heavy atom. The number of non-ortho nitro benzene ring substituents is 1. The van der Waals surface area contributed by atoms with Gasteiger partial charge in [-0.15, -0.1) is 0 Å².